The first-order valence-corrected chi connectivity index (χ1v) is 22.6. The Labute approximate surface area is 380 Å². The molecule has 0 spiro atoms. The van der Waals surface area contributed by atoms with Crippen molar-refractivity contribution in [3.63, 3.8) is 0 Å². The second kappa shape index (κ2) is 22.2. The van der Waals surface area contributed by atoms with Gasteiger partial charge in [0.25, 0.3) is 0 Å². The number of amides is 3. The number of phenolic OH excluding ortho intramolecular Hbond substituents is 1. The highest BCUT2D eigenvalue weighted by Gasteiger charge is 2.24. The molecule has 1 aliphatic heterocycles. The molecular formula is C53H59N5O7. The molecule has 1 aliphatic rings. The van der Waals surface area contributed by atoms with E-state index in [1.165, 1.54) is 17.7 Å². The molecule has 5 N–H and O–H groups in total. The van der Waals surface area contributed by atoms with E-state index in [0.717, 1.165) is 53.9 Å². The number of rotatable bonds is 18. The second-order valence-electron chi connectivity index (χ2n) is 17.1. The molecule has 6 aromatic rings. The predicted molar refractivity (Wildman–Crippen MR) is 256 cm³/mol. The molecule has 0 radical (unpaired) electrons. The first kappa shape index (κ1) is 46.2. The van der Waals surface area contributed by atoms with Crippen molar-refractivity contribution in [1.82, 2.24) is 15.2 Å². The standard InChI is InChI=1S/C53H59N5O7/c1-36(15-22-47(59)44-20-23-48(60)52-45(44)21-24-49(61)56-52)33-39-10-8-9-37(34-39)25-29-54-50(62)35-38-16-18-41(19-17-38)57(2)51(63)28-32-58-30-26-42(27-31-58)65-53(64)55-46-14-7-6-13-43(46)40-11-4-3-5-12-40/h3-14,16-21,23-24,34,36,42,47,59-60H,15,22,25-33,35H2,1-2H3,(H,54,62)(H,55,64)(H,56,61)/t36?,47-/m0/s1. The SMILES string of the molecule is CC(CC[C@H](O)c1ccc(O)c2[nH]c(=O)ccc12)Cc1cccc(CCNC(=O)Cc2ccc(N(C)C(=O)CCN3CCC(OC(=O)Nc4ccccc4-c4ccccc4)CC3)cc2)c1. The lowest BCUT2D eigenvalue weighted by atomic mass is 9.91. The fraction of sp³-hybridized carbons (Fsp3) is 0.321. The van der Waals surface area contributed by atoms with Crippen LogP contribution in [0.2, 0.25) is 0 Å². The van der Waals surface area contributed by atoms with Gasteiger partial charge >= 0.3 is 6.09 Å². The zero-order chi connectivity index (χ0) is 45.7. The highest BCUT2D eigenvalue weighted by atomic mass is 16.6. The van der Waals surface area contributed by atoms with Crippen LogP contribution in [-0.4, -0.2) is 77.3 Å². The Morgan fingerprint density at radius 1 is 0.846 bits per heavy atom. The van der Waals surface area contributed by atoms with E-state index >= 15 is 0 Å². The number of likely N-dealkylation sites (tertiary alicyclic amines) is 1. The van der Waals surface area contributed by atoms with E-state index < -0.39 is 12.2 Å². The van der Waals surface area contributed by atoms with Crippen LogP contribution in [0.25, 0.3) is 22.0 Å². The molecule has 2 heterocycles. The number of aromatic amines is 1. The Bertz CT molecular complexity index is 2610. The molecule has 12 heteroatoms. The number of pyridine rings is 1. The lowest BCUT2D eigenvalue weighted by Gasteiger charge is -2.31. The molecule has 3 amide bonds. The molecule has 0 bridgehead atoms. The molecule has 1 aromatic heterocycles. The third kappa shape index (κ3) is 12.9. The smallest absolute Gasteiger partial charge is 0.411 e. The number of para-hydroxylation sites is 1. The molecule has 0 aliphatic carbocycles. The van der Waals surface area contributed by atoms with Crippen molar-refractivity contribution in [2.75, 3.05) is 43.4 Å². The fourth-order valence-electron chi connectivity index (χ4n) is 8.56. The summed E-state index contributed by atoms with van der Waals surface area (Å²) in [5.74, 6) is 0.215. The highest BCUT2D eigenvalue weighted by Crippen LogP contribution is 2.32. The van der Waals surface area contributed by atoms with Crippen LogP contribution in [0.15, 0.2) is 132 Å². The normalized spacial score (nSPS) is 14.1. The van der Waals surface area contributed by atoms with Gasteiger partial charge < -0.3 is 35.1 Å². The summed E-state index contributed by atoms with van der Waals surface area (Å²) in [5.41, 5.74) is 7.31. The van der Waals surface area contributed by atoms with Gasteiger partial charge in [0.2, 0.25) is 17.4 Å². The van der Waals surface area contributed by atoms with Crippen molar-refractivity contribution in [1.29, 1.82) is 0 Å². The third-order valence-corrected chi connectivity index (χ3v) is 12.3. The summed E-state index contributed by atoms with van der Waals surface area (Å²) in [6.07, 6.45) is 3.48. The van der Waals surface area contributed by atoms with Gasteiger partial charge in [-0.15, -0.1) is 0 Å². The van der Waals surface area contributed by atoms with Crippen LogP contribution in [0.5, 0.6) is 5.75 Å². The number of aromatic hydroxyl groups is 1. The molecule has 1 saturated heterocycles. The lowest BCUT2D eigenvalue weighted by Crippen LogP contribution is -2.40. The Morgan fingerprint density at radius 3 is 2.37 bits per heavy atom. The number of phenols is 1. The minimum atomic E-state index is -0.733. The third-order valence-electron chi connectivity index (χ3n) is 12.3. The number of nitrogens with one attached hydrogen (secondary N) is 3. The van der Waals surface area contributed by atoms with Gasteiger partial charge in [0, 0.05) is 62.4 Å². The lowest BCUT2D eigenvalue weighted by molar-refractivity contribution is -0.120. The molecule has 338 valence electrons. The van der Waals surface area contributed by atoms with Gasteiger partial charge in [-0.05, 0) is 103 Å². The largest absolute Gasteiger partial charge is 0.506 e. The van der Waals surface area contributed by atoms with Crippen LogP contribution in [0.1, 0.15) is 67.4 Å². The molecule has 2 atom stereocenters. The molecule has 5 aromatic carbocycles. The number of piperidine rings is 1. The Balaban J connectivity index is 0.775. The van der Waals surface area contributed by atoms with E-state index in [0.29, 0.717) is 73.3 Å². The van der Waals surface area contributed by atoms with Crippen molar-refractivity contribution >= 4 is 40.2 Å². The monoisotopic (exact) mass is 877 g/mol. The number of carbonyl (C=O) groups is 3. The van der Waals surface area contributed by atoms with Crippen molar-refractivity contribution in [2.45, 2.75) is 70.5 Å². The first-order valence-electron chi connectivity index (χ1n) is 22.6. The Kier molecular flexibility index (Phi) is 15.8. The first-order chi connectivity index (χ1) is 31.5. The minimum absolute atomic E-state index is 0.00230. The van der Waals surface area contributed by atoms with Crippen molar-refractivity contribution in [3.05, 3.63) is 160 Å². The Morgan fingerprint density at radius 2 is 1.58 bits per heavy atom. The molecular weight excluding hydrogens is 819 g/mol. The van der Waals surface area contributed by atoms with Crippen molar-refractivity contribution in [3.8, 4) is 16.9 Å². The van der Waals surface area contributed by atoms with Crippen molar-refractivity contribution in [2.24, 2.45) is 5.92 Å². The summed E-state index contributed by atoms with van der Waals surface area (Å²) in [7, 11) is 1.77. The Hall–Kier alpha value is -6.76. The maximum Gasteiger partial charge on any atom is 0.411 e. The van der Waals surface area contributed by atoms with Gasteiger partial charge in [0.15, 0.2) is 0 Å². The number of benzene rings is 5. The maximum absolute atomic E-state index is 13.2. The number of hydrogen-bond acceptors (Lipinski definition) is 8. The van der Waals surface area contributed by atoms with Gasteiger partial charge in [-0.2, -0.15) is 0 Å². The summed E-state index contributed by atoms with van der Waals surface area (Å²) >= 11 is 0. The summed E-state index contributed by atoms with van der Waals surface area (Å²) in [5, 5.41) is 27.8. The maximum atomic E-state index is 13.2. The number of aliphatic hydroxyl groups excluding tert-OH is 1. The molecule has 0 saturated carbocycles. The summed E-state index contributed by atoms with van der Waals surface area (Å²) < 4.78 is 5.78. The van der Waals surface area contributed by atoms with E-state index in [-0.39, 0.29) is 35.6 Å². The van der Waals surface area contributed by atoms with E-state index in [2.05, 4.69) is 45.6 Å². The summed E-state index contributed by atoms with van der Waals surface area (Å²) in [4.78, 5) is 57.2. The van der Waals surface area contributed by atoms with Crippen LogP contribution < -0.4 is 21.1 Å². The van der Waals surface area contributed by atoms with Gasteiger partial charge in [0.05, 0.1) is 23.7 Å². The molecule has 1 fully saturated rings. The fourth-order valence-corrected chi connectivity index (χ4v) is 8.56. The second-order valence-corrected chi connectivity index (χ2v) is 17.1. The topological polar surface area (TPSA) is 164 Å². The molecule has 7 rings (SSSR count). The van der Waals surface area contributed by atoms with Gasteiger partial charge in [-0.25, -0.2) is 4.79 Å². The highest BCUT2D eigenvalue weighted by molar-refractivity contribution is 5.93. The number of carbonyl (C=O) groups excluding carboxylic acids is 3. The number of hydrogen-bond donors (Lipinski definition) is 5. The number of anilines is 2. The molecule has 1 unspecified atom stereocenters. The van der Waals surface area contributed by atoms with Gasteiger partial charge in [-0.1, -0.05) is 97.9 Å². The number of nitrogens with zero attached hydrogens (tertiary/aromatic N) is 2. The number of H-pyrrole nitrogens is 1. The zero-order valence-corrected chi connectivity index (χ0v) is 37.2. The molecule has 65 heavy (non-hydrogen) atoms. The average Bonchev–Trinajstić information content (AvgIpc) is 3.31. The van der Waals surface area contributed by atoms with E-state index in [1.807, 2.05) is 84.9 Å². The minimum Gasteiger partial charge on any atom is -0.506 e. The van der Waals surface area contributed by atoms with Crippen LogP contribution in [0.3, 0.4) is 0 Å². The number of ether oxygens (including phenoxy) is 1. The predicted octanol–water partition coefficient (Wildman–Crippen LogP) is 8.56. The number of aliphatic hydroxyl groups is 1. The van der Waals surface area contributed by atoms with Crippen molar-refractivity contribution < 1.29 is 29.3 Å². The van der Waals surface area contributed by atoms with Gasteiger partial charge in [0.1, 0.15) is 11.9 Å². The quantitative estimate of drug-likeness (QED) is 0.0574. The van der Waals surface area contributed by atoms with E-state index in [4.69, 9.17) is 4.74 Å². The van der Waals surface area contributed by atoms with E-state index in [9.17, 15) is 29.4 Å². The van der Waals surface area contributed by atoms with Gasteiger partial charge in [-0.3, -0.25) is 19.7 Å². The summed E-state index contributed by atoms with van der Waals surface area (Å²) in [6.45, 7) is 4.76. The number of fused-ring (bicyclic) bond motifs is 1. The van der Waals surface area contributed by atoms with E-state index in [1.54, 1.807) is 24.1 Å². The summed E-state index contributed by atoms with van der Waals surface area (Å²) in [6, 6.07) is 39.7. The van der Waals surface area contributed by atoms with Crippen LogP contribution in [-0.2, 0) is 33.6 Å². The zero-order valence-electron chi connectivity index (χ0n) is 37.2. The van der Waals surface area contributed by atoms with Crippen LogP contribution in [0, 0.1) is 5.92 Å². The average molecular weight is 878 g/mol. The van der Waals surface area contributed by atoms with Crippen LogP contribution >= 0.6 is 0 Å². The number of aromatic nitrogens is 1. The van der Waals surface area contributed by atoms with Crippen LogP contribution in [0.4, 0.5) is 16.2 Å². The molecule has 12 nitrogen and oxygen atoms in total.